The number of hydrogen-bond acceptors (Lipinski definition) is 5. The molecule has 0 spiro atoms. The molecule has 0 N–H and O–H groups in total. The summed E-state index contributed by atoms with van der Waals surface area (Å²) in [5.41, 5.74) is -0.128. The van der Waals surface area contributed by atoms with Crippen LogP contribution in [0.3, 0.4) is 0 Å². The molecule has 2 amide bonds. The number of fused-ring (bicyclic) bond motifs is 1. The summed E-state index contributed by atoms with van der Waals surface area (Å²) in [5.74, 6) is 0.418. The SMILES string of the molecule is CCCC(c1nc2ccc(Br)cc2c(=O)n1CC)N1CCN(C(=O)OC(C)(C)C)CC1=O. The molecule has 1 aliphatic heterocycles. The molecular weight excluding hydrogens is 476 g/mol. The summed E-state index contributed by atoms with van der Waals surface area (Å²) in [4.78, 5) is 46.8. The monoisotopic (exact) mass is 506 g/mol. The topological polar surface area (TPSA) is 84.7 Å². The summed E-state index contributed by atoms with van der Waals surface area (Å²) in [7, 11) is 0. The van der Waals surface area contributed by atoms with Crippen LogP contribution in [-0.2, 0) is 16.1 Å². The fourth-order valence-electron chi connectivity index (χ4n) is 3.97. The van der Waals surface area contributed by atoms with E-state index in [-0.39, 0.29) is 24.1 Å². The molecule has 32 heavy (non-hydrogen) atoms. The van der Waals surface area contributed by atoms with Crippen LogP contribution in [0.2, 0.25) is 0 Å². The molecular formula is C23H31BrN4O4. The first-order valence-electron chi connectivity index (χ1n) is 11.0. The van der Waals surface area contributed by atoms with Gasteiger partial charge in [0.15, 0.2) is 0 Å². The molecule has 1 aromatic heterocycles. The Hall–Kier alpha value is -2.42. The van der Waals surface area contributed by atoms with Crippen LogP contribution in [0.5, 0.6) is 0 Å². The van der Waals surface area contributed by atoms with E-state index in [1.54, 1.807) is 36.3 Å². The number of ether oxygens (including phenoxy) is 1. The lowest BCUT2D eigenvalue weighted by Gasteiger charge is -2.39. The minimum absolute atomic E-state index is 0.0496. The van der Waals surface area contributed by atoms with Crippen molar-refractivity contribution >= 4 is 38.8 Å². The summed E-state index contributed by atoms with van der Waals surface area (Å²) >= 11 is 3.42. The zero-order valence-electron chi connectivity index (χ0n) is 19.4. The average molecular weight is 507 g/mol. The summed E-state index contributed by atoms with van der Waals surface area (Å²) in [6.45, 7) is 10.5. The number of piperazine rings is 1. The first-order chi connectivity index (χ1) is 15.1. The molecule has 8 nitrogen and oxygen atoms in total. The van der Waals surface area contributed by atoms with Crippen molar-refractivity contribution in [3.05, 3.63) is 38.9 Å². The van der Waals surface area contributed by atoms with Crippen molar-refractivity contribution in [2.45, 2.75) is 65.6 Å². The van der Waals surface area contributed by atoms with Gasteiger partial charge in [0.25, 0.3) is 5.56 Å². The lowest BCUT2D eigenvalue weighted by atomic mass is 10.1. The van der Waals surface area contributed by atoms with Crippen molar-refractivity contribution in [1.82, 2.24) is 19.4 Å². The third-order valence-corrected chi connectivity index (χ3v) is 5.90. The van der Waals surface area contributed by atoms with E-state index in [9.17, 15) is 14.4 Å². The van der Waals surface area contributed by atoms with Gasteiger partial charge in [-0.05, 0) is 52.3 Å². The molecule has 0 bridgehead atoms. The van der Waals surface area contributed by atoms with Crippen molar-refractivity contribution in [2.75, 3.05) is 19.6 Å². The number of aromatic nitrogens is 2. The maximum absolute atomic E-state index is 13.2. The molecule has 1 aromatic carbocycles. The number of carbonyl (C=O) groups is 2. The highest BCUT2D eigenvalue weighted by Gasteiger charge is 2.35. The highest BCUT2D eigenvalue weighted by molar-refractivity contribution is 9.10. The van der Waals surface area contributed by atoms with E-state index in [1.807, 2.05) is 26.0 Å². The molecule has 9 heteroatoms. The Morgan fingerprint density at radius 2 is 1.94 bits per heavy atom. The Labute approximate surface area is 196 Å². The van der Waals surface area contributed by atoms with E-state index in [1.165, 1.54) is 4.90 Å². The van der Waals surface area contributed by atoms with Crippen LogP contribution in [0.15, 0.2) is 27.5 Å². The van der Waals surface area contributed by atoms with Crippen LogP contribution in [0.4, 0.5) is 4.79 Å². The molecule has 2 heterocycles. The third-order valence-electron chi connectivity index (χ3n) is 5.41. The molecule has 174 valence electrons. The van der Waals surface area contributed by atoms with Crippen molar-refractivity contribution in [3.8, 4) is 0 Å². The normalized spacial score (nSPS) is 15.9. The molecule has 1 fully saturated rings. The highest BCUT2D eigenvalue weighted by atomic mass is 79.9. The van der Waals surface area contributed by atoms with E-state index in [2.05, 4.69) is 15.9 Å². The second-order valence-electron chi connectivity index (χ2n) is 8.97. The minimum Gasteiger partial charge on any atom is -0.444 e. The van der Waals surface area contributed by atoms with Gasteiger partial charge in [-0.25, -0.2) is 9.78 Å². The van der Waals surface area contributed by atoms with Gasteiger partial charge in [-0.15, -0.1) is 0 Å². The standard InChI is InChI=1S/C23H31BrN4O4/c1-6-8-18(28-12-11-26(14-19(28)29)22(31)32-23(3,4)5)20-25-17-10-9-15(24)13-16(17)21(30)27(20)7-2/h9-10,13,18H,6-8,11-12,14H2,1-5H3. The van der Waals surface area contributed by atoms with Gasteiger partial charge in [-0.2, -0.15) is 0 Å². The van der Waals surface area contributed by atoms with Crippen molar-refractivity contribution in [3.63, 3.8) is 0 Å². The smallest absolute Gasteiger partial charge is 0.410 e. The number of hydrogen-bond donors (Lipinski definition) is 0. The molecule has 1 atom stereocenters. The highest BCUT2D eigenvalue weighted by Crippen LogP contribution is 2.28. The predicted molar refractivity (Wildman–Crippen MR) is 127 cm³/mol. The number of carbonyl (C=O) groups excluding carboxylic acids is 2. The number of rotatable bonds is 5. The van der Waals surface area contributed by atoms with Gasteiger partial charge in [0.1, 0.15) is 18.0 Å². The fraction of sp³-hybridized carbons (Fsp3) is 0.565. The van der Waals surface area contributed by atoms with E-state index in [0.29, 0.717) is 42.8 Å². The summed E-state index contributed by atoms with van der Waals surface area (Å²) in [6.07, 6.45) is 1.01. The van der Waals surface area contributed by atoms with Crippen LogP contribution in [0.25, 0.3) is 10.9 Å². The average Bonchev–Trinajstić information content (AvgIpc) is 2.71. The van der Waals surface area contributed by atoms with E-state index >= 15 is 0 Å². The zero-order valence-corrected chi connectivity index (χ0v) is 20.9. The van der Waals surface area contributed by atoms with Crippen molar-refractivity contribution < 1.29 is 14.3 Å². The van der Waals surface area contributed by atoms with E-state index in [4.69, 9.17) is 9.72 Å². The minimum atomic E-state index is -0.622. The van der Waals surface area contributed by atoms with Gasteiger partial charge < -0.3 is 9.64 Å². The Bertz CT molecular complexity index is 1080. The molecule has 3 rings (SSSR count). The van der Waals surface area contributed by atoms with Gasteiger partial charge in [-0.3, -0.25) is 19.1 Å². The lowest BCUT2D eigenvalue weighted by molar-refractivity contribution is -0.139. The number of halogens is 1. The van der Waals surface area contributed by atoms with Gasteiger partial charge in [0, 0.05) is 24.1 Å². The van der Waals surface area contributed by atoms with Crippen LogP contribution >= 0.6 is 15.9 Å². The second kappa shape index (κ2) is 9.60. The molecule has 2 aromatic rings. The molecule has 0 saturated carbocycles. The number of nitrogens with zero attached hydrogens (tertiary/aromatic N) is 4. The lowest BCUT2D eigenvalue weighted by Crippen LogP contribution is -2.54. The molecule has 1 saturated heterocycles. The molecule has 0 aliphatic carbocycles. The van der Waals surface area contributed by atoms with Gasteiger partial charge in [-0.1, -0.05) is 29.3 Å². The molecule has 1 unspecified atom stereocenters. The van der Waals surface area contributed by atoms with E-state index < -0.39 is 11.7 Å². The van der Waals surface area contributed by atoms with Gasteiger partial charge in [0.2, 0.25) is 5.91 Å². The maximum atomic E-state index is 13.2. The third kappa shape index (κ3) is 5.14. The number of amides is 2. The maximum Gasteiger partial charge on any atom is 0.410 e. The summed E-state index contributed by atoms with van der Waals surface area (Å²) in [6, 6.07) is 5.11. The molecule has 0 radical (unpaired) electrons. The fourth-order valence-corrected chi connectivity index (χ4v) is 4.33. The zero-order chi connectivity index (χ0) is 23.6. The summed E-state index contributed by atoms with van der Waals surface area (Å²) < 4.78 is 7.89. The van der Waals surface area contributed by atoms with E-state index in [0.717, 1.165) is 10.9 Å². The quantitative estimate of drug-likeness (QED) is 0.609. The van der Waals surface area contributed by atoms with Gasteiger partial charge >= 0.3 is 6.09 Å². The second-order valence-corrected chi connectivity index (χ2v) is 9.89. The largest absolute Gasteiger partial charge is 0.444 e. The van der Waals surface area contributed by atoms with Crippen LogP contribution in [-0.4, -0.2) is 56.6 Å². The van der Waals surface area contributed by atoms with Crippen molar-refractivity contribution in [1.29, 1.82) is 0 Å². The van der Waals surface area contributed by atoms with Crippen molar-refractivity contribution in [2.24, 2.45) is 0 Å². The Balaban J connectivity index is 1.95. The van der Waals surface area contributed by atoms with Crippen LogP contribution in [0, 0.1) is 0 Å². The first-order valence-corrected chi connectivity index (χ1v) is 11.8. The Morgan fingerprint density at radius 1 is 1.22 bits per heavy atom. The Morgan fingerprint density at radius 3 is 2.53 bits per heavy atom. The predicted octanol–water partition coefficient (Wildman–Crippen LogP) is 4.10. The van der Waals surface area contributed by atoms with Crippen LogP contribution < -0.4 is 5.56 Å². The number of benzene rings is 1. The summed E-state index contributed by atoms with van der Waals surface area (Å²) in [5, 5.41) is 0.543. The molecule has 1 aliphatic rings. The van der Waals surface area contributed by atoms with Gasteiger partial charge in [0.05, 0.1) is 16.9 Å². The first kappa shape index (κ1) is 24.2. The Kier molecular flexibility index (Phi) is 7.27. The van der Waals surface area contributed by atoms with Crippen LogP contribution in [0.1, 0.15) is 59.3 Å².